The van der Waals surface area contributed by atoms with E-state index in [0.717, 1.165) is 17.8 Å². The van der Waals surface area contributed by atoms with Crippen molar-refractivity contribution in [3.05, 3.63) is 59.7 Å². The highest BCUT2D eigenvalue weighted by Crippen LogP contribution is 2.33. The van der Waals surface area contributed by atoms with E-state index >= 15 is 0 Å². The number of hydrogen-bond acceptors (Lipinski definition) is 7. The minimum atomic E-state index is -0.696. The lowest BCUT2D eigenvalue weighted by Crippen LogP contribution is -2.37. The Balaban J connectivity index is 0.000000221. The van der Waals surface area contributed by atoms with E-state index in [0.29, 0.717) is 54.8 Å². The minimum absolute atomic E-state index is 0.172. The van der Waals surface area contributed by atoms with Crippen molar-refractivity contribution in [1.29, 1.82) is 0 Å². The van der Waals surface area contributed by atoms with Crippen molar-refractivity contribution in [2.45, 2.75) is 65.8 Å². The molecule has 4 aromatic rings. The van der Waals surface area contributed by atoms with Gasteiger partial charge in [0, 0.05) is 37.1 Å². The summed E-state index contributed by atoms with van der Waals surface area (Å²) in [5.74, 6) is -0.897. The third-order valence-electron chi connectivity index (χ3n) is 6.21. The van der Waals surface area contributed by atoms with Crippen LogP contribution in [0, 0.1) is 25.5 Å². The maximum absolute atomic E-state index is 14.4. The Morgan fingerprint density at radius 2 is 1.59 bits per heavy atom. The molecule has 0 unspecified atom stereocenters. The molecule has 0 N–H and O–H groups in total. The molecule has 1 saturated heterocycles. The van der Waals surface area contributed by atoms with E-state index in [9.17, 15) is 8.78 Å². The SMILES string of the molecule is C1CC1.CC.Cc1nc2nc(N3CCOCC3)nc(-c3ccc(F)cc3F)c2nc1C.c1cnn(C2CC2)c1. The van der Waals surface area contributed by atoms with E-state index < -0.39 is 11.6 Å². The third-order valence-corrected chi connectivity index (χ3v) is 6.21. The summed E-state index contributed by atoms with van der Waals surface area (Å²) in [4.78, 5) is 20.0. The Labute approximate surface area is 228 Å². The monoisotopic (exact) mass is 537 g/mol. The highest BCUT2D eigenvalue weighted by atomic mass is 19.1. The second-order valence-electron chi connectivity index (χ2n) is 9.44. The van der Waals surface area contributed by atoms with E-state index in [1.165, 1.54) is 44.2 Å². The van der Waals surface area contributed by atoms with Gasteiger partial charge in [-0.25, -0.2) is 23.7 Å². The van der Waals surface area contributed by atoms with Crippen molar-refractivity contribution in [1.82, 2.24) is 29.7 Å². The van der Waals surface area contributed by atoms with Gasteiger partial charge in [0.2, 0.25) is 5.95 Å². The Morgan fingerprint density at radius 1 is 0.897 bits per heavy atom. The first-order valence-electron chi connectivity index (χ1n) is 13.8. The number of halogens is 2. The standard InChI is InChI=1S/C18H17F2N5O.C6H8N2.C3H6.C2H6/c1-10-11(2)22-17-16(21-10)15(13-4-3-12(19)9-14(13)20)23-18(24-17)25-5-7-26-8-6-25;1-4-7-8(5-1)6-2-3-6;1-2-3-1;1-2/h3-4,9H,5-8H2,1-2H3;1,4-6H,2-3H2;1-3H2;1-2H3. The molecule has 3 aromatic heterocycles. The molecule has 2 aliphatic carbocycles. The van der Waals surface area contributed by atoms with Crippen molar-refractivity contribution in [2.75, 3.05) is 31.2 Å². The van der Waals surface area contributed by atoms with Crippen molar-refractivity contribution in [3.8, 4) is 11.3 Å². The fourth-order valence-corrected chi connectivity index (χ4v) is 3.71. The topological polar surface area (TPSA) is 81.8 Å². The summed E-state index contributed by atoms with van der Waals surface area (Å²) in [7, 11) is 0. The predicted molar refractivity (Wildman–Crippen MR) is 149 cm³/mol. The minimum Gasteiger partial charge on any atom is -0.378 e. The van der Waals surface area contributed by atoms with Gasteiger partial charge < -0.3 is 9.64 Å². The number of hydrogen-bond donors (Lipinski definition) is 0. The first-order valence-corrected chi connectivity index (χ1v) is 13.8. The van der Waals surface area contributed by atoms with Gasteiger partial charge in [0.25, 0.3) is 0 Å². The molecule has 2 saturated carbocycles. The van der Waals surface area contributed by atoms with E-state index in [1.807, 2.05) is 55.7 Å². The van der Waals surface area contributed by atoms with Crippen LogP contribution in [0.15, 0.2) is 36.7 Å². The zero-order chi connectivity index (χ0) is 27.8. The van der Waals surface area contributed by atoms with Crippen molar-refractivity contribution < 1.29 is 13.5 Å². The van der Waals surface area contributed by atoms with Crippen LogP contribution in [0.4, 0.5) is 14.7 Å². The van der Waals surface area contributed by atoms with Crippen LogP contribution in [0.2, 0.25) is 0 Å². The first kappa shape index (κ1) is 28.5. The van der Waals surface area contributed by atoms with Gasteiger partial charge in [-0.15, -0.1) is 0 Å². The Bertz CT molecular complexity index is 1350. The highest BCUT2D eigenvalue weighted by Gasteiger charge is 2.23. The molecule has 3 fully saturated rings. The van der Waals surface area contributed by atoms with Gasteiger partial charge in [0.15, 0.2) is 5.65 Å². The number of nitrogens with zero attached hydrogens (tertiary/aromatic N) is 7. The van der Waals surface area contributed by atoms with Crippen LogP contribution in [0.25, 0.3) is 22.4 Å². The molecule has 0 amide bonds. The number of aryl methyl sites for hydroxylation is 2. The molecule has 39 heavy (non-hydrogen) atoms. The van der Waals surface area contributed by atoms with Crippen LogP contribution in [0.3, 0.4) is 0 Å². The van der Waals surface area contributed by atoms with Gasteiger partial charge in [-0.1, -0.05) is 33.1 Å². The Hall–Kier alpha value is -3.53. The van der Waals surface area contributed by atoms with Crippen LogP contribution in [0.1, 0.15) is 63.4 Å². The van der Waals surface area contributed by atoms with E-state index in [4.69, 9.17) is 4.74 Å². The lowest BCUT2D eigenvalue weighted by molar-refractivity contribution is 0.122. The maximum Gasteiger partial charge on any atom is 0.228 e. The number of morpholine rings is 1. The molecule has 0 radical (unpaired) electrons. The summed E-state index contributed by atoms with van der Waals surface area (Å²) in [6.45, 7) is 10.1. The molecule has 0 spiro atoms. The molecule has 4 heterocycles. The zero-order valence-corrected chi connectivity index (χ0v) is 23.2. The lowest BCUT2D eigenvalue weighted by atomic mass is 10.1. The van der Waals surface area contributed by atoms with Gasteiger partial charge >= 0.3 is 0 Å². The second kappa shape index (κ2) is 13.5. The predicted octanol–water partition coefficient (Wildman–Crippen LogP) is 6.23. The number of aromatic nitrogens is 6. The lowest BCUT2D eigenvalue weighted by Gasteiger charge is -2.27. The maximum atomic E-state index is 14.4. The van der Waals surface area contributed by atoms with Crippen molar-refractivity contribution >= 4 is 17.1 Å². The van der Waals surface area contributed by atoms with Crippen LogP contribution < -0.4 is 4.90 Å². The van der Waals surface area contributed by atoms with Crippen molar-refractivity contribution in [3.63, 3.8) is 0 Å². The first-order chi connectivity index (χ1) is 19.0. The summed E-state index contributed by atoms with van der Waals surface area (Å²) in [5, 5.41) is 4.09. The second-order valence-corrected chi connectivity index (χ2v) is 9.44. The van der Waals surface area contributed by atoms with Gasteiger partial charge in [0.05, 0.1) is 30.6 Å². The average Bonchev–Trinajstić information content (AvgIpc) is 3.91. The molecular weight excluding hydrogens is 500 g/mol. The summed E-state index contributed by atoms with van der Waals surface area (Å²) >= 11 is 0. The quantitative estimate of drug-likeness (QED) is 0.306. The van der Waals surface area contributed by atoms with Crippen LogP contribution in [0.5, 0.6) is 0 Å². The molecule has 1 aliphatic heterocycles. The van der Waals surface area contributed by atoms with Gasteiger partial charge in [-0.05, 0) is 44.9 Å². The highest BCUT2D eigenvalue weighted by molar-refractivity contribution is 5.88. The van der Waals surface area contributed by atoms with Crippen LogP contribution in [-0.4, -0.2) is 56.0 Å². The summed E-state index contributed by atoms with van der Waals surface area (Å²) in [6, 6.07) is 6.12. The Morgan fingerprint density at radius 3 is 2.18 bits per heavy atom. The largest absolute Gasteiger partial charge is 0.378 e. The van der Waals surface area contributed by atoms with Crippen LogP contribution >= 0.6 is 0 Å². The summed E-state index contributed by atoms with van der Waals surface area (Å²) in [5.41, 5.74) is 2.73. The van der Waals surface area contributed by atoms with Gasteiger partial charge in [0.1, 0.15) is 22.8 Å². The number of anilines is 1. The smallest absolute Gasteiger partial charge is 0.228 e. The fraction of sp³-hybridized carbons (Fsp3) is 0.483. The van der Waals surface area contributed by atoms with E-state index in [2.05, 4.69) is 25.0 Å². The molecular formula is C29H37F2N7O. The van der Waals surface area contributed by atoms with Gasteiger partial charge in [-0.3, -0.25) is 4.68 Å². The summed E-state index contributed by atoms with van der Waals surface area (Å²) < 4.78 is 35.2. The number of benzene rings is 1. The number of rotatable bonds is 3. The zero-order valence-electron chi connectivity index (χ0n) is 23.2. The molecule has 0 atom stereocenters. The number of ether oxygens (including phenoxy) is 1. The average molecular weight is 538 g/mol. The van der Waals surface area contributed by atoms with Crippen LogP contribution in [-0.2, 0) is 4.74 Å². The van der Waals surface area contributed by atoms with Crippen molar-refractivity contribution in [2.24, 2.45) is 0 Å². The Kier molecular flexibility index (Phi) is 9.86. The normalized spacial score (nSPS) is 15.8. The van der Waals surface area contributed by atoms with E-state index in [-0.39, 0.29) is 5.56 Å². The molecule has 0 bridgehead atoms. The third kappa shape index (κ3) is 7.75. The molecule has 7 rings (SSSR count). The van der Waals surface area contributed by atoms with E-state index in [1.54, 1.807) is 0 Å². The number of fused-ring (bicyclic) bond motifs is 1. The molecule has 8 nitrogen and oxygen atoms in total. The molecule has 3 aliphatic rings. The molecule has 1 aromatic carbocycles. The summed E-state index contributed by atoms with van der Waals surface area (Å²) in [6.07, 6.45) is 11.0. The fourth-order valence-electron chi connectivity index (χ4n) is 3.71. The molecule has 10 heteroatoms. The molecule has 208 valence electrons. The van der Waals surface area contributed by atoms with Gasteiger partial charge in [-0.2, -0.15) is 10.1 Å².